The normalized spacial score (nSPS) is 21.1. The van der Waals surface area contributed by atoms with Crippen LogP contribution in [0.2, 0.25) is 10.0 Å². The summed E-state index contributed by atoms with van der Waals surface area (Å²) in [4.78, 5) is 14.2. The van der Waals surface area contributed by atoms with Gasteiger partial charge < -0.3 is 21.1 Å². The summed E-state index contributed by atoms with van der Waals surface area (Å²) >= 11 is 11.9. The Labute approximate surface area is 145 Å². The van der Waals surface area contributed by atoms with E-state index >= 15 is 0 Å². The fraction of sp³-hybridized carbons (Fsp3) is 0.562. The molecule has 2 aliphatic rings. The number of nitrogens with two attached hydrogens (primary N) is 1. The minimum Gasteiger partial charge on any atom is -0.508 e. The van der Waals surface area contributed by atoms with E-state index in [1.54, 1.807) is 6.07 Å². The summed E-state index contributed by atoms with van der Waals surface area (Å²) in [5.74, 6) is 0.667. The number of phenolic OH excluding ortho intramolecular Hbond substituents is 1. The zero-order valence-corrected chi connectivity index (χ0v) is 14.3. The molecule has 0 spiro atoms. The van der Waals surface area contributed by atoms with E-state index in [1.807, 2.05) is 4.90 Å². The van der Waals surface area contributed by atoms with Gasteiger partial charge in [-0.1, -0.05) is 23.2 Å². The first-order chi connectivity index (χ1) is 11.0. The van der Waals surface area contributed by atoms with Crippen molar-refractivity contribution in [3.8, 4) is 5.75 Å². The molecule has 1 amide bonds. The molecule has 1 unspecified atom stereocenters. The van der Waals surface area contributed by atoms with E-state index in [9.17, 15) is 9.90 Å². The number of nitrogens with one attached hydrogen (secondary N) is 1. The predicted molar refractivity (Wildman–Crippen MR) is 90.7 cm³/mol. The third-order valence-corrected chi connectivity index (χ3v) is 5.64. The molecule has 4 N–H and O–H groups in total. The van der Waals surface area contributed by atoms with Crippen molar-refractivity contribution < 1.29 is 9.90 Å². The summed E-state index contributed by atoms with van der Waals surface area (Å²) in [5, 5.41) is 13.9. The van der Waals surface area contributed by atoms with Crippen molar-refractivity contribution in [2.45, 2.75) is 18.9 Å². The van der Waals surface area contributed by atoms with Crippen molar-refractivity contribution >= 4 is 29.1 Å². The Bertz CT molecular complexity index is 599. The first-order valence-corrected chi connectivity index (χ1v) is 8.66. The molecule has 2 heterocycles. The standard InChI is InChI=1S/C16H21Cl2N3O2/c17-12-5-11(14(22)6-13(12)18)15(19)9-1-3-21(4-2-9)16(23)10-7-20-8-10/h5-6,9-10,15,20,22H,1-4,7-8,19H2. The van der Waals surface area contributed by atoms with Gasteiger partial charge in [0.25, 0.3) is 0 Å². The second kappa shape index (κ2) is 6.85. The van der Waals surface area contributed by atoms with Gasteiger partial charge in [0.05, 0.1) is 16.0 Å². The summed E-state index contributed by atoms with van der Waals surface area (Å²) < 4.78 is 0. The molecule has 0 radical (unpaired) electrons. The largest absolute Gasteiger partial charge is 0.508 e. The van der Waals surface area contributed by atoms with Crippen LogP contribution in [-0.4, -0.2) is 42.1 Å². The highest BCUT2D eigenvalue weighted by atomic mass is 35.5. The molecule has 1 aromatic carbocycles. The SMILES string of the molecule is NC(c1cc(Cl)c(Cl)cc1O)C1CCN(C(=O)C2CNC2)CC1. The summed E-state index contributed by atoms with van der Waals surface area (Å²) in [6.07, 6.45) is 1.65. The lowest BCUT2D eigenvalue weighted by molar-refractivity contribution is -0.138. The van der Waals surface area contributed by atoms with Gasteiger partial charge in [0.15, 0.2) is 0 Å². The van der Waals surface area contributed by atoms with Crippen molar-refractivity contribution in [3.05, 3.63) is 27.7 Å². The number of nitrogens with zero attached hydrogens (tertiary/aromatic N) is 1. The van der Waals surface area contributed by atoms with E-state index in [1.165, 1.54) is 6.07 Å². The first-order valence-electron chi connectivity index (χ1n) is 7.90. The number of carbonyl (C=O) groups excluding carboxylic acids is 1. The summed E-state index contributed by atoms with van der Waals surface area (Å²) in [6.45, 7) is 3.01. The van der Waals surface area contributed by atoms with Crippen LogP contribution in [0.4, 0.5) is 0 Å². The van der Waals surface area contributed by atoms with E-state index in [-0.39, 0.29) is 29.5 Å². The number of aromatic hydroxyl groups is 1. The molecular formula is C16H21Cl2N3O2. The highest BCUT2D eigenvalue weighted by Gasteiger charge is 2.33. The highest BCUT2D eigenvalue weighted by Crippen LogP contribution is 2.37. The van der Waals surface area contributed by atoms with Crippen LogP contribution in [0.15, 0.2) is 12.1 Å². The van der Waals surface area contributed by atoms with E-state index < -0.39 is 0 Å². The number of hydrogen-bond acceptors (Lipinski definition) is 4. The topological polar surface area (TPSA) is 78.6 Å². The molecule has 0 saturated carbocycles. The maximum Gasteiger partial charge on any atom is 0.228 e. The zero-order chi connectivity index (χ0) is 16.6. The van der Waals surface area contributed by atoms with E-state index in [0.717, 1.165) is 39.0 Å². The number of rotatable bonds is 3. The van der Waals surface area contributed by atoms with Gasteiger partial charge in [-0.25, -0.2) is 0 Å². The van der Waals surface area contributed by atoms with Crippen molar-refractivity contribution in [1.82, 2.24) is 10.2 Å². The van der Waals surface area contributed by atoms with Crippen LogP contribution < -0.4 is 11.1 Å². The monoisotopic (exact) mass is 357 g/mol. The molecule has 7 heteroatoms. The Morgan fingerprint density at radius 3 is 2.43 bits per heavy atom. The molecule has 3 rings (SSSR count). The first kappa shape index (κ1) is 16.8. The third-order valence-electron chi connectivity index (χ3n) is 4.92. The van der Waals surface area contributed by atoms with Gasteiger partial charge in [0, 0.05) is 43.9 Å². The average Bonchev–Trinajstić information content (AvgIpc) is 2.48. The molecule has 0 aliphatic carbocycles. The Balaban J connectivity index is 1.63. The second-order valence-electron chi connectivity index (χ2n) is 6.37. The van der Waals surface area contributed by atoms with Crippen LogP contribution >= 0.6 is 23.2 Å². The van der Waals surface area contributed by atoms with Crippen molar-refractivity contribution in [2.24, 2.45) is 17.6 Å². The molecule has 2 saturated heterocycles. The minimum absolute atomic E-state index is 0.0750. The number of carbonyl (C=O) groups is 1. The molecule has 5 nitrogen and oxygen atoms in total. The van der Waals surface area contributed by atoms with Gasteiger partial charge in [0.1, 0.15) is 5.75 Å². The van der Waals surface area contributed by atoms with Crippen molar-refractivity contribution in [3.63, 3.8) is 0 Å². The van der Waals surface area contributed by atoms with Crippen LogP contribution in [-0.2, 0) is 4.79 Å². The summed E-state index contributed by atoms with van der Waals surface area (Å²) in [6, 6.07) is 2.76. The Morgan fingerprint density at radius 2 is 1.87 bits per heavy atom. The number of phenols is 1. The van der Waals surface area contributed by atoms with E-state index in [4.69, 9.17) is 28.9 Å². The highest BCUT2D eigenvalue weighted by molar-refractivity contribution is 6.42. The molecule has 1 atom stereocenters. The van der Waals surface area contributed by atoms with Gasteiger partial charge >= 0.3 is 0 Å². The molecule has 0 bridgehead atoms. The molecule has 0 aromatic heterocycles. The van der Waals surface area contributed by atoms with Crippen molar-refractivity contribution in [1.29, 1.82) is 0 Å². The maximum atomic E-state index is 12.2. The van der Waals surface area contributed by atoms with Gasteiger partial charge in [-0.2, -0.15) is 0 Å². The Morgan fingerprint density at radius 1 is 1.26 bits per heavy atom. The van der Waals surface area contributed by atoms with Gasteiger partial charge in [-0.15, -0.1) is 0 Å². The van der Waals surface area contributed by atoms with Crippen LogP contribution in [0.3, 0.4) is 0 Å². The fourth-order valence-corrected chi connectivity index (χ4v) is 3.60. The average molecular weight is 358 g/mol. The Kier molecular flexibility index (Phi) is 5.01. The number of benzene rings is 1. The molecule has 2 aliphatic heterocycles. The lowest BCUT2D eigenvalue weighted by atomic mass is 9.85. The molecule has 126 valence electrons. The lowest BCUT2D eigenvalue weighted by Crippen LogP contribution is -2.53. The predicted octanol–water partition coefficient (Wildman–Crippen LogP) is 2.16. The minimum atomic E-state index is -0.313. The van der Waals surface area contributed by atoms with Crippen LogP contribution in [0.1, 0.15) is 24.4 Å². The fourth-order valence-electron chi connectivity index (χ4n) is 3.27. The number of hydrogen-bond donors (Lipinski definition) is 3. The third kappa shape index (κ3) is 3.43. The second-order valence-corrected chi connectivity index (χ2v) is 7.18. The zero-order valence-electron chi connectivity index (χ0n) is 12.8. The van der Waals surface area contributed by atoms with Crippen LogP contribution in [0.5, 0.6) is 5.75 Å². The van der Waals surface area contributed by atoms with Gasteiger partial charge in [-0.3, -0.25) is 4.79 Å². The Hall–Kier alpha value is -1.01. The molecule has 1 aromatic rings. The number of piperidine rings is 1. The number of amides is 1. The molecule has 23 heavy (non-hydrogen) atoms. The quantitative estimate of drug-likeness (QED) is 0.774. The van der Waals surface area contributed by atoms with E-state index in [2.05, 4.69) is 5.32 Å². The molecule has 2 fully saturated rings. The molecular weight excluding hydrogens is 337 g/mol. The number of halogens is 2. The summed E-state index contributed by atoms with van der Waals surface area (Å²) in [7, 11) is 0. The summed E-state index contributed by atoms with van der Waals surface area (Å²) in [5.41, 5.74) is 6.95. The lowest BCUT2D eigenvalue weighted by Gasteiger charge is -2.38. The van der Waals surface area contributed by atoms with E-state index in [0.29, 0.717) is 15.6 Å². The van der Waals surface area contributed by atoms with Gasteiger partial charge in [-0.05, 0) is 24.8 Å². The van der Waals surface area contributed by atoms with Gasteiger partial charge in [0.2, 0.25) is 5.91 Å². The number of likely N-dealkylation sites (tertiary alicyclic amines) is 1. The smallest absolute Gasteiger partial charge is 0.228 e. The van der Waals surface area contributed by atoms with Crippen LogP contribution in [0, 0.1) is 11.8 Å². The van der Waals surface area contributed by atoms with Crippen LogP contribution in [0.25, 0.3) is 0 Å². The maximum absolute atomic E-state index is 12.2. The van der Waals surface area contributed by atoms with Crippen molar-refractivity contribution in [2.75, 3.05) is 26.2 Å².